The highest BCUT2D eigenvalue weighted by Crippen LogP contribution is 2.23. The zero-order valence-corrected chi connectivity index (χ0v) is 9.66. The Balaban J connectivity index is 2.03. The summed E-state index contributed by atoms with van der Waals surface area (Å²) in [6.07, 6.45) is 3.38. The van der Waals surface area contributed by atoms with Crippen molar-refractivity contribution in [2.24, 2.45) is 5.92 Å². The van der Waals surface area contributed by atoms with Crippen LogP contribution < -0.4 is 0 Å². The second-order valence-electron chi connectivity index (χ2n) is 3.78. The standard InChI is InChI=1S/C10H15N3OS/c1-2-3-13-10(11-7-12-13)4-8-5-15-6-9(8)14/h7-8H,2-6H2,1H3. The molecule has 15 heavy (non-hydrogen) atoms. The van der Waals surface area contributed by atoms with E-state index in [-0.39, 0.29) is 5.92 Å². The van der Waals surface area contributed by atoms with E-state index in [0.717, 1.165) is 31.0 Å². The molecule has 0 spiro atoms. The van der Waals surface area contributed by atoms with Crippen LogP contribution in [-0.2, 0) is 17.8 Å². The van der Waals surface area contributed by atoms with Gasteiger partial charge in [0.05, 0.1) is 5.75 Å². The molecule has 5 heteroatoms. The van der Waals surface area contributed by atoms with Crippen molar-refractivity contribution in [3.8, 4) is 0 Å². The van der Waals surface area contributed by atoms with Crippen molar-refractivity contribution >= 4 is 17.5 Å². The normalized spacial score (nSPS) is 21.1. The lowest BCUT2D eigenvalue weighted by Gasteiger charge is -2.07. The van der Waals surface area contributed by atoms with Gasteiger partial charge >= 0.3 is 0 Å². The molecular formula is C10H15N3OS. The molecule has 2 rings (SSSR count). The number of nitrogens with zero attached hydrogens (tertiary/aromatic N) is 3. The summed E-state index contributed by atoms with van der Waals surface area (Å²) in [6, 6.07) is 0. The Kier molecular flexibility index (Phi) is 3.41. The van der Waals surface area contributed by atoms with E-state index in [1.165, 1.54) is 0 Å². The van der Waals surface area contributed by atoms with Crippen molar-refractivity contribution in [2.75, 3.05) is 11.5 Å². The predicted molar refractivity (Wildman–Crippen MR) is 59.8 cm³/mol. The largest absolute Gasteiger partial charge is 0.298 e. The fourth-order valence-electron chi connectivity index (χ4n) is 1.75. The van der Waals surface area contributed by atoms with Gasteiger partial charge in [-0.3, -0.25) is 9.48 Å². The van der Waals surface area contributed by atoms with Gasteiger partial charge in [0.1, 0.15) is 17.9 Å². The van der Waals surface area contributed by atoms with Gasteiger partial charge in [-0.15, -0.1) is 0 Å². The van der Waals surface area contributed by atoms with Crippen LogP contribution in [0.25, 0.3) is 0 Å². The Morgan fingerprint density at radius 1 is 1.67 bits per heavy atom. The average molecular weight is 225 g/mol. The maximum absolute atomic E-state index is 11.5. The molecule has 1 aromatic heterocycles. The number of Topliss-reactive ketones (excluding diaryl/α,β-unsaturated/α-hetero) is 1. The van der Waals surface area contributed by atoms with Crippen molar-refractivity contribution in [1.82, 2.24) is 14.8 Å². The maximum atomic E-state index is 11.5. The summed E-state index contributed by atoms with van der Waals surface area (Å²) in [5, 5.41) is 4.16. The number of thioether (sulfide) groups is 1. The molecule has 0 radical (unpaired) electrons. The Labute approximate surface area is 93.5 Å². The highest BCUT2D eigenvalue weighted by atomic mass is 32.2. The zero-order valence-electron chi connectivity index (χ0n) is 8.85. The van der Waals surface area contributed by atoms with E-state index in [1.54, 1.807) is 18.1 Å². The van der Waals surface area contributed by atoms with Crippen LogP contribution in [0.3, 0.4) is 0 Å². The summed E-state index contributed by atoms with van der Waals surface area (Å²) in [4.78, 5) is 15.7. The first-order valence-corrected chi connectivity index (χ1v) is 6.44. The highest BCUT2D eigenvalue weighted by molar-refractivity contribution is 8.00. The predicted octanol–water partition coefficient (Wildman–Crippen LogP) is 1.16. The Morgan fingerprint density at radius 2 is 2.53 bits per heavy atom. The van der Waals surface area contributed by atoms with Crippen LogP contribution in [-0.4, -0.2) is 32.1 Å². The van der Waals surface area contributed by atoms with Crippen molar-refractivity contribution in [2.45, 2.75) is 26.3 Å². The second-order valence-corrected chi connectivity index (χ2v) is 4.81. The number of ketones is 1. The summed E-state index contributed by atoms with van der Waals surface area (Å²) in [5.74, 6) is 3.10. The highest BCUT2D eigenvalue weighted by Gasteiger charge is 2.26. The quantitative estimate of drug-likeness (QED) is 0.771. The Bertz CT molecular complexity index is 350. The fraction of sp³-hybridized carbons (Fsp3) is 0.700. The van der Waals surface area contributed by atoms with Crippen LogP contribution in [0.5, 0.6) is 0 Å². The summed E-state index contributed by atoms with van der Waals surface area (Å²) in [6.45, 7) is 3.01. The molecular weight excluding hydrogens is 210 g/mol. The SMILES string of the molecule is CCCn1ncnc1CC1CSCC1=O. The van der Waals surface area contributed by atoms with Gasteiger partial charge in [0.15, 0.2) is 0 Å². The van der Waals surface area contributed by atoms with Gasteiger partial charge in [0.25, 0.3) is 0 Å². The van der Waals surface area contributed by atoms with Crippen LogP contribution in [0, 0.1) is 5.92 Å². The number of hydrogen-bond acceptors (Lipinski definition) is 4. The van der Waals surface area contributed by atoms with Crippen LogP contribution in [0.2, 0.25) is 0 Å². The van der Waals surface area contributed by atoms with Crippen molar-refractivity contribution in [1.29, 1.82) is 0 Å². The van der Waals surface area contributed by atoms with Crippen LogP contribution in [0.1, 0.15) is 19.2 Å². The molecule has 1 fully saturated rings. The molecule has 1 saturated heterocycles. The number of rotatable bonds is 4. The molecule has 1 atom stereocenters. The minimum Gasteiger partial charge on any atom is -0.298 e. The van der Waals surface area contributed by atoms with E-state index in [9.17, 15) is 4.79 Å². The molecule has 0 N–H and O–H groups in total. The van der Waals surface area contributed by atoms with E-state index in [0.29, 0.717) is 11.5 Å². The van der Waals surface area contributed by atoms with Gasteiger partial charge in [-0.1, -0.05) is 6.92 Å². The molecule has 1 aliphatic rings. The third-order valence-electron chi connectivity index (χ3n) is 2.58. The molecule has 1 aromatic rings. The number of carbonyl (C=O) groups excluding carboxylic acids is 1. The van der Waals surface area contributed by atoms with E-state index in [2.05, 4.69) is 17.0 Å². The van der Waals surface area contributed by atoms with Crippen molar-refractivity contribution in [3.63, 3.8) is 0 Å². The Morgan fingerprint density at radius 3 is 3.20 bits per heavy atom. The molecule has 0 amide bonds. The van der Waals surface area contributed by atoms with E-state index in [4.69, 9.17) is 0 Å². The molecule has 0 bridgehead atoms. The molecule has 4 nitrogen and oxygen atoms in total. The molecule has 2 heterocycles. The third kappa shape index (κ3) is 2.40. The summed E-state index contributed by atoms with van der Waals surface area (Å²) in [5.41, 5.74) is 0. The van der Waals surface area contributed by atoms with Gasteiger partial charge in [-0.2, -0.15) is 16.9 Å². The third-order valence-corrected chi connectivity index (χ3v) is 3.71. The molecule has 0 saturated carbocycles. The molecule has 0 aromatic carbocycles. The number of carbonyl (C=O) groups is 1. The van der Waals surface area contributed by atoms with Crippen LogP contribution >= 0.6 is 11.8 Å². The molecule has 82 valence electrons. The Hall–Kier alpha value is -0.840. The van der Waals surface area contributed by atoms with Crippen molar-refractivity contribution in [3.05, 3.63) is 12.2 Å². The van der Waals surface area contributed by atoms with E-state index >= 15 is 0 Å². The minimum atomic E-state index is 0.162. The van der Waals surface area contributed by atoms with E-state index < -0.39 is 0 Å². The first-order valence-electron chi connectivity index (χ1n) is 5.28. The van der Waals surface area contributed by atoms with Gasteiger partial charge in [-0.05, 0) is 6.42 Å². The smallest absolute Gasteiger partial charge is 0.147 e. The van der Waals surface area contributed by atoms with Gasteiger partial charge in [0.2, 0.25) is 0 Å². The first-order chi connectivity index (χ1) is 7.31. The fourth-order valence-corrected chi connectivity index (χ4v) is 2.89. The first kappa shape index (κ1) is 10.7. The number of aromatic nitrogens is 3. The lowest BCUT2D eigenvalue weighted by Crippen LogP contribution is -2.17. The number of aryl methyl sites for hydroxylation is 1. The van der Waals surface area contributed by atoms with Gasteiger partial charge in [0, 0.05) is 24.6 Å². The minimum absolute atomic E-state index is 0.162. The molecule has 0 aliphatic carbocycles. The summed E-state index contributed by atoms with van der Waals surface area (Å²) < 4.78 is 1.91. The van der Waals surface area contributed by atoms with Gasteiger partial charge in [-0.25, -0.2) is 4.98 Å². The second kappa shape index (κ2) is 4.79. The monoisotopic (exact) mass is 225 g/mol. The molecule has 1 aliphatic heterocycles. The van der Waals surface area contributed by atoms with Crippen molar-refractivity contribution < 1.29 is 4.79 Å². The van der Waals surface area contributed by atoms with E-state index in [1.807, 2.05) is 4.68 Å². The number of hydrogen-bond donors (Lipinski definition) is 0. The summed E-state index contributed by atoms with van der Waals surface area (Å²) >= 11 is 1.72. The van der Waals surface area contributed by atoms with Crippen LogP contribution in [0.15, 0.2) is 6.33 Å². The zero-order chi connectivity index (χ0) is 10.7. The van der Waals surface area contributed by atoms with Gasteiger partial charge < -0.3 is 0 Å². The van der Waals surface area contributed by atoms with Crippen LogP contribution in [0.4, 0.5) is 0 Å². The topological polar surface area (TPSA) is 47.8 Å². The summed E-state index contributed by atoms with van der Waals surface area (Å²) in [7, 11) is 0. The lowest BCUT2D eigenvalue weighted by molar-refractivity contribution is -0.119. The average Bonchev–Trinajstić information content (AvgIpc) is 2.80. The maximum Gasteiger partial charge on any atom is 0.147 e. The lowest BCUT2D eigenvalue weighted by atomic mass is 10.0. The molecule has 1 unspecified atom stereocenters.